The Morgan fingerprint density at radius 2 is 1.23 bits per heavy atom. The quantitative estimate of drug-likeness (QED) is 0.487. The summed E-state index contributed by atoms with van der Waals surface area (Å²) in [7, 11) is 0. The zero-order chi connectivity index (χ0) is 17.6. The van der Waals surface area contributed by atoms with Crippen LogP contribution in [0.5, 0.6) is 0 Å². The summed E-state index contributed by atoms with van der Waals surface area (Å²) in [6.07, 6.45) is 10.0. The molecule has 0 aromatic heterocycles. The van der Waals surface area contributed by atoms with E-state index >= 15 is 0 Å². The molecule has 0 N–H and O–H groups in total. The Morgan fingerprint density at radius 1 is 0.615 bits per heavy atom. The fraction of sp³-hybridized carbons (Fsp3) is 0.0769. The van der Waals surface area contributed by atoms with Gasteiger partial charge in [-0.05, 0) is 34.3 Å². The van der Waals surface area contributed by atoms with E-state index in [9.17, 15) is 0 Å². The molecule has 1 unspecified atom stereocenters. The summed E-state index contributed by atoms with van der Waals surface area (Å²) in [6, 6.07) is 32.1. The van der Waals surface area contributed by atoms with Gasteiger partial charge in [-0.1, -0.05) is 115 Å². The van der Waals surface area contributed by atoms with E-state index in [1.54, 1.807) is 0 Å². The van der Waals surface area contributed by atoms with Gasteiger partial charge >= 0.3 is 0 Å². The van der Waals surface area contributed by atoms with Crippen LogP contribution in [-0.4, -0.2) is 0 Å². The summed E-state index contributed by atoms with van der Waals surface area (Å²) in [5.41, 5.74) is 6.68. The SMILES string of the molecule is C1=C(/C=C/c2ccccc2)CC(c2ccccc2)C(c2ccccc2)=C1. The Kier molecular flexibility index (Phi) is 4.93. The van der Waals surface area contributed by atoms with Gasteiger partial charge in [-0.3, -0.25) is 0 Å². The Morgan fingerprint density at radius 3 is 1.92 bits per heavy atom. The van der Waals surface area contributed by atoms with E-state index in [4.69, 9.17) is 0 Å². The van der Waals surface area contributed by atoms with E-state index in [1.165, 1.54) is 27.8 Å². The maximum Gasteiger partial charge on any atom is 0.0136 e. The first kappa shape index (κ1) is 16.4. The number of rotatable bonds is 4. The van der Waals surface area contributed by atoms with Crippen LogP contribution in [0.25, 0.3) is 11.6 Å². The normalized spacial score (nSPS) is 17.0. The van der Waals surface area contributed by atoms with Crippen LogP contribution < -0.4 is 0 Å². The van der Waals surface area contributed by atoms with Crippen molar-refractivity contribution in [2.45, 2.75) is 12.3 Å². The predicted molar refractivity (Wildman–Crippen MR) is 112 cm³/mol. The van der Waals surface area contributed by atoms with Crippen LogP contribution >= 0.6 is 0 Å². The van der Waals surface area contributed by atoms with Gasteiger partial charge in [-0.2, -0.15) is 0 Å². The van der Waals surface area contributed by atoms with Crippen LogP contribution in [0.3, 0.4) is 0 Å². The zero-order valence-corrected chi connectivity index (χ0v) is 14.8. The van der Waals surface area contributed by atoms with Crippen LogP contribution in [0, 0.1) is 0 Å². The van der Waals surface area contributed by atoms with E-state index in [1.807, 2.05) is 0 Å². The summed E-state index contributed by atoms with van der Waals surface area (Å²) < 4.78 is 0. The molecule has 126 valence electrons. The molecule has 1 aliphatic carbocycles. The van der Waals surface area contributed by atoms with E-state index < -0.39 is 0 Å². The largest absolute Gasteiger partial charge is 0.0622 e. The first-order valence-corrected chi connectivity index (χ1v) is 9.14. The van der Waals surface area contributed by atoms with Crippen molar-refractivity contribution in [1.82, 2.24) is 0 Å². The topological polar surface area (TPSA) is 0 Å². The van der Waals surface area contributed by atoms with Gasteiger partial charge in [0.25, 0.3) is 0 Å². The first-order valence-electron chi connectivity index (χ1n) is 9.14. The van der Waals surface area contributed by atoms with Crippen molar-refractivity contribution >= 4 is 11.6 Å². The fourth-order valence-corrected chi connectivity index (χ4v) is 3.53. The molecule has 4 rings (SSSR count). The van der Waals surface area contributed by atoms with Crippen molar-refractivity contribution in [3.63, 3.8) is 0 Å². The molecule has 0 nitrogen and oxygen atoms in total. The second kappa shape index (κ2) is 7.84. The minimum atomic E-state index is 0.388. The maximum absolute atomic E-state index is 2.29. The van der Waals surface area contributed by atoms with E-state index in [0.29, 0.717) is 5.92 Å². The number of hydrogen-bond donors (Lipinski definition) is 0. The van der Waals surface area contributed by atoms with Gasteiger partial charge in [0.2, 0.25) is 0 Å². The molecule has 0 saturated carbocycles. The maximum atomic E-state index is 2.29. The number of hydrogen-bond acceptors (Lipinski definition) is 0. The first-order chi connectivity index (χ1) is 12.9. The molecule has 0 spiro atoms. The molecular formula is C26H22. The van der Waals surface area contributed by atoms with Gasteiger partial charge in [0.05, 0.1) is 0 Å². The standard InChI is InChI=1S/C26H22/c1-4-10-21(11-5-1)16-17-22-18-19-25(23-12-6-2-7-13-23)26(20-22)24-14-8-3-9-15-24/h1-19,26H,20H2/b17-16+. The van der Waals surface area contributed by atoms with Crippen LogP contribution in [0.1, 0.15) is 29.0 Å². The Labute approximate surface area is 155 Å². The lowest BCUT2D eigenvalue weighted by Gasteiger charge is -2.25. The monoisotopic (exact) mass is 334 g/mol. The van der Waals surface area contributed by atoms with Crippen LogP contribution in [0.2, 0.25) is 0 Å². The highest BCUT2D eigenvalue weighted by atomic mass is 14.2. The van der Waals surface area contributed by atoms with E-state index in [0.717, 1.165) is 6.42 Å². The molecule has 3 aromatic rings. The van der Waals surface area contributed by atoms with Gasteiger partial charge in [-0.15, -0.1) is 0 Å². The summed E-state index contributed by atoms with van der Waals surface area (Å²) >= 11 is 0. The summed E-state index contributed by atoms with van der Waals surface area (Å²) in [4.78, 5) is 0. The summed E-state index contributed by atoms with van der Waals surface area (Å²) in [6.45, 7) is 0. The molecule has 0 saturated heterocycles. The van der Waals surface area contributed by atoms with Gasteiger partial charge in [0.1, 0.15) is 0 Å². The van der Waals surface area contributed by atoms with E-state index in [-0.39, 0.29) is 0 Å². The highest BCUT2D eigenvalue weighted by molar-refractivity contribution is 5.75. The van der Waals surface area contributed by atoms with Gasteiger partial charge < -0.3 is 0 Å². The van der Waals surface area contributed by atoms with Crippen LogP contribution in [0.4, 0.5) is 0 Å². The van der Waals surface area contributed by atoms with E-state index in [2.05, 4.69) is 115 Å². The van der Waals surface area contributed by atoms with Crippen LogP contribution in [0.15, 0.2) is 115 Å². The third-order valence-electron chi connectivity index (χ3n) is 4.89. The molecule has 0 fully saturated rings. The average molecular weight is 334 g/mol. The summed E-state index contributed by atoms with van der Waals surface area (Å²) in [5, 5.41) is 0. The Balaban J connectivity index is 1.68. The Bertz CT molecular complexity index is 929. The van der Waals surface area contributed by atoms with Crippen molar-refractivity contribution in [2.24, 2.45) is 0 Å². The van der Waals surface area contributed by atoms with Gasteiger partial charge in [0.15, 0.2) is 0 Å². The molecule has 3 aromatic carbocycles. The lowest BCUT2D eigenvalue weighted by atomic mass is 9.79. The number of benzene rings is 3. The average Bonchev–Trinajstić information content (AvgIpc) is 2.74. The molecule has 0 heterocycles. The molecular weight excluding hydrogens is 312 g/mol. The third-order valence-corrected chi connectivity index (χ3v) is 4.89. The second-order valence-electron chi connectivity index (χ2n) is 6.64. The van der Waals surface area contributed by atoms with Crippen molar-refractivity contribution < 1.29 is 0 Å². The summed E-state index contributed by atoms with van der Waals surface area (Å²) in [5.74, 6) is 0.388. The van der Waals surface area contributed by atoms with Crippen molar-refractivity contribution in [3.8, 4) is 0 Å². The minimum Gasteiger partial charge on any atom is -0.0622 e. The zero-order valence-electron chi connectivity index (χ0n) is 14.8. The van der Waals surface area contributed by atoms with Crippen molar-refractivity contribution in [3.05, 3.63) is 131 Å². The Hall–Kier alpha value is -3.12. The van der Waals surface area contributed by atoms with Crippen molar-refractivity contribution in [1.29, 1.82) is 0 Å². The van der Waals surface area contributed by atoms with Crippen LogP contribution in [-0.2, 0) is 0 Å². The van der Waals surface area contributed by atoms with Gasteiger partial charge in [0, 0.05) is 5.92 Å². The lowest BCUT2D eigenvalue weighted by Crippen LogP contribution is -2.06. The predicted octanol–water partition coefficient (Wildman–Crippen LogP) is 6.90. The highest BCUT2D eigenvalue weighted by Crippen LogP contribution is 2.40. The van der Waals surface area contributed by atoms with Crippen molar-refractivity contribution in [2.75, 3.05) is 0 Å². The number of allylic oxidation sites excluding steroid dienone is 5. The van der Waals surface area contributed by atoms with Gasteiger partial charge in [-0.25, -0.2) is 0 Å². The molecule has 1 aliphatic rings. The fourth-order valence-electron chi connectivity index (χ4n) is 3.53. The minimum absolute atomic E-state index is 0.388. The molecule has 0 radical (unpaired) electrons. The highest BCUT2D eigenvalue weighted by Gasteiger charge is 2.21. The molecule has 1 atom stereocenters. The smallest absolute Gasteiger partial charge is 0.0136 e. The molecule has 26 heavy (non-hydrogen) atoms. The third kappa shape index (κ3) is 3.75. The molecule has 0 heteroatoms. The second-order valence-corrected chi connectivity index (χ2v) is 6.64. The lowest BCUT2D eigenvalue weighted by molar-refractivity contribution is 0.848. The molecule has 0 aliphatic heterocycles. The molecule has 0 bridgehead atoms. The molecule has 0 amide bonds.